The number of nitrogens with two attached hydrogens (primary N) is 1. The highest BCUT2D eigenvalue weighted by Gasteiger charge is 2.41. The first kappa shape index (κ1) is 13.4. The summed E-state index contributed by atoms with van der Waals surface area (Å²) in [6.45, 7) is 2.65. The van der Waals surface area contributed by atoms with Crippen molar-refractivity contribution in [2.45, 2.75) is 57.2 Å². The third-order valence-electron chi connectivity index (χ3n) is 4.22. The van der Waals surface area contributed by atoms with E-state index in [1.807, 2.05) is 6.92 Å². The number of fused-ring (bicyclic) bond motifs is 2. The van der Waals surface area contributed by atoms with Crippen LogP contribution in [0.5, 0.6) is 5.88 Å². The molecule has 6 heteroatoms. The minimum atomic E-state index is -0.192. The van der Waals surface area contributed by atoms with Crippen LogP contribution in [0.15, 0.2) is 6.33 Å². The molecule has 0 spiro atoms. The number of hydrogen-bond acceptors (Lipinski definition) is 6. The van der Waals surface area contributed by atoms with Gasteiger partial charge < -0.3 is 20.5 Å². The average Bonchev–Trinajstić information content (AvgIpc) is 2.69. The van der Waals surface area contributed by atoms with Gasteiger partial charge in [0.25, 0.3) is 0 Å². The highest BCUT2D eigenvalue weighted by atomic mass is 16.5. The first-order chi connectivity index (χ1) is 9.70. The molecule has 3 rings (SSSR count). The van der Waals surface area contributed by atoms with Crippen LogP contribution in [-0.2, 0) is 0 Å². The molecule has 2 saturated heterocycles. The maximum atomic E-state index is 9.88. The predicted molar refractivity (Wildman–Crippen MR) is 76.8 cm³/mol. The Hall–Kier alpha value is -1.56. The number of ether oxygens (including phenoxy) is 1. The lowest BCUT2D eigenvalue weighted by Crippen LogP contribution is -2.45. The third-order valence-corrected chi connectivity index (χ3v) is 4.22. The molecule has 0 amide bonds. The van der Waals surface area contributed by atoms with E-state index in [0.29, 0.717) is 30.3 Å². The molecular weight excluding hydrogens is 256 g/mol. The van der Waals surface area contributed by atoms with Crippen LogP contribution in [0.25, 0.3) is 0 Å². The SMILES string of the molecule is CCCOc1ncnc(N2C3CCC2CC(O)C3)c1N. The van der Waals surface area contributed by atoms with Gasteiger partial charge in [0, 0.05) is 12.1 Å². The normalized spacial score (nSPS) is 28.7. The topological polar surface area (TPSA) is 84.5 Å². The van der Waals surface area contributed by atoms with Crippen LogP contribution < -0.4 is 15.4 Å². The Morgan fingerprint density at radius 2 is 2.05 bits per heavy atom. The van der Waals surface area contributed by atoms with Crippen molar-refractivity contribution >= 4 is 11.5 Å². The third kappa shape index (κ3) is 2.28. The van der Waals surface area contributed by atoms with Gasteiger partial charge in [0.05, 0.1) is 12.7 Å². The maximum Gasteiger partial charge on any atom is 0.242 e. The van der Waals surface area contributed by atoms with E-state index in [0.717, 1.165) is 37.9 Å². The summed E-state index contributed by atoms with van der Waals surface area (Å²) in [4.78, 5) is 10.8. The Morgan fingerprint density at radius 3 is 2.70 bits per heavy atom. The average molecular weight is 278 g/mol. The summed E-state index contributed by atoms with van der Waals surface area (Å²) in [6, 6.07) is 0.667. The number of aliphatic hydroxyl groups is 1. The lowest BCUT2D eigenvalue weighted by Gasteiger charge is -2.38. The van der Waals surface area contributed by atoms with E-state index >= 15 is 0 Å². The summed E-state index contributed by atoms with van der Waals surface area (Å²) < 4.78 is 5.58. The number of aromatic nitrogens is 2. The Balaban J connectivity index is 1.87. The molecule has 2 atom stereocenters. The molecule has 0 saturated carbocycles. The maximum absolute atomic E-state index is 9.88. The van der Waals surface area contributed by atoms with Crippen LogP contribution in [0.2, 0.25) is 0 Å². The fourth-order valence-electron chi connectivity index (χ4n) is 3.38. The monoisotopic (exact) mass is 278 g/mol. The highest BCUT2D eigenvalue weighted by molar-refractivity contribution is 5.69. The van der Waals surface area contributed by atoms with Gasteiger partial charge in [-0.05, 0) is 32.1 Å². The number of nitrogen functional groups attached to an aromatic ring is 1. The summed E-state index contributed by atoms with van der Waals surface area (Å²) in [5.41, 5.74) is 6.71. The summed E-state index contributed by atoms with van der Waals surface area (Å²) in [6.07, 6.45) is 6.02. The second kappa shape index (κ2) is 5.44. The molecule has 6 nitrogen and oxygen atoms in total. The second-order valence-corrected chi connectivity index (χ2v) is 5.68. The van der Waals surface area contributed by atoms with Gasteiger partial charge in [0.15, 0.2) is 5.82 Å². The molecule has 1 aromatic heterocycles. The molecule has 0 radical (unpaired) electrons. The van der Waals surface area contributed by atoms with E-state index in [1.54, 1.807) is 0 Å². The van der Waals surface area contributed by atoms with Crippen LogP contribution in [0.3, 0.4) is 0 Å². The van der Waals surface area contributed by atoms with Crippen LogP contribution in [-0.4, -0.2) is 39.9 Å². The smallest absolute Gasteiger partial charge is 0.242 e. The van der Waals surface area contributed by atoms with Gasteiger partial charge in [0.1, 0.15) is 12.0 Å². The van der Waals surface area contributed by atoms with Crippen LogP contribution in [0.4, 0.5) is 11.5 Å². The largest absolute Gasteiger partial charge is 0.476 e. The highest BCUT2D eigenvalue weighted by Crippen LogP contribution is 2.41. The zero-order valence-corrected chi connectivity index (χ0v) is 11.8. The summed E-state index contributed by atoms with van der Waals surface area (Å²) in [5, 5.41) is 9.88. The predicted octanol–water partition coefficient (Wildman–Crippen LogP) is 1.34. The van der Waals surface area contributed by atoms with E-state index in [-0.39, 0.29) is 6.10 Å². The lowest BCUT2D eigenvalue weighted by atomic mass is 10.00. The van der Waals surface area contributed by atoms with Gasteiger partial charge >= 0.3 is 0 Å². The fraction of sp³-hybridized carbons (Fsp3) is 0.714. The van der Waals surface area contributed by atoms with Crippen molar-refractivity contribution in [3.05, 3.63) is 6.33 Å². The summed E-state index contributed by atoms with van der Waals surface area (Å²) in [7, 11) is 0. The fourth-order valence-corrected chi connectivity index (χ4v) is 3.38. The number of rotatable bonds is 4. The molecule has 110 valence electrons. The molecule has 2 aliphatic heterocycles. The first-order valence-corrected chi connectivity index (χ1v) is 7.40. The van der Waals surface area contributed by atoms with Gasteiger partial charge in [-0.1, -0.05) is 6.92 Å². The van der Waals surface area contributed by atoms with Crippen molar-refractivity contribution in [1.29, 1.82) is 0 Å². The summed E-state index contributed by atoms with van der Waals surface area (Å²) >= 11 is 0. The number of piperidine rings is 1. The molecule has 0 aliphatic carbocycles. The quantitative estimate of drug-likeness (QED) is 0.864. The Kier molecular flexibility index (Phi) is 3.65. The second-order valence-electron chi connectivity index (χ2n) is 5.68. The molecule has 2 unspecified atom stereocenters. The van der Waals surface area contributed by atoms with Crippen molar-refractivity contribution in [3.8, 4) is 5.88 Å². The Labute approximate surface area is 119 Å². The Morgan fingerprint density at radius 1 is 1.35 bits per heavy atom. The Bertz CT molecular complexity index is 468. The van der Waals surface area contributed by atoms with Crippen molar-refractivity contribution < 1.29 is 9.84 Å². The zero-order chi connectivity index (χ0) is 14.1. The zero-order valence-electron chi connectivity index (χ0n) is 11.8. The first-order valence-electron chi connectivity index (χ1n) is 7.40. The van der Waals surface area contributed by atoms with E-state index in [2.05, 4.69) is 14.9 Å². The van der Waals surface area contributed by atoms with Gasteiger partial charge in [-0.15, -0.1) is 0 Å². The molecule has 20 heavy (non-hydrogen) atoms. The van der Waals surface area contributed by atoms with E-state index in [4.69, 9.17) is 10.5 Å². The van der Waals surface area contributed by atoms with E-state index in [9.17, 15) is 5.11 Å². The standard InChI is InChI=1S/C14H22N4O2/c1-2-5-20-14-12(15)13(16-8-17-14)18-9-3-4-10(18)7-11(19)6-9/h8-11,19H,2-7,15H2,1H3. The molecular formula is C14H22N4O2. The minimum Gasteiger partial charge on any atom is -0.476 e. The number of hydrogen-bond donors (Lipinski definition) is 2. The van der Waals surface area contributed by atoms with E-state index in [1.165, 1.54) is 6.33 Å². The molecule has 3 N–H and O–H groups in total. The molecule has 1 aromatic rings. The van der Waals surface area contributed by atoms with Crippen LogP contribution >= 0.6 is 0 Å². The van der Waals surface area contributed by atoms with Crippen molar-refractivity contribution in [3.63, 3.8) is 0 Å². The van der Waals surface area contributed by atoms with Crippen LogP contribution in [0.1, 0.15) is 39.0 Å². The number of anilines is 2. The van der Waals surface area contributed by atoms with Crippen molar-refractivity contribution in [2.24, 2.45) is 0 Å². The lowest BCUT2D eigenvalue weighted by molar-refractivity contribution is 0.126. The van der Waals surface area contributed by atoms with Gasteiger partial charge in [-0.2, -0.15) is 4.98 Å². The molecule has 0 aromatic carbocycles. The molecule has 2 fully saturated rings. The minimum absolute atomic E-state index is 0.192. The van der Waals surface area contributed by atoms with Gasteiger partial charge in [-0.3, -0.25) is 0 Å². The molecule has 2 aliphatic rings. The number of aliphatic hydroxyl groups excluding tert-OH is 1. The van der Waals surface area contributed by atoms with Crippen LogP contribution in [0, 0.1) is 0 Å². The van der Waals surface area contributed by atoms with Gasteiger partial charge in [-0.25, -0.2) is 4.98 Å². The molecule has 3 heterocycles. The van der Waals surface area contributed by atoms with Crippen molar-refractivity contribution in [2.75, 3.05) is 17.2 Å². The van der Waals surface area contributed by atoms with Crippen molar-refractivity contribution in [1.82, 2.24) is 9.97 Å². The molecule has 2 bridgehead atoms. The van der Waals surface area contributed by atoms with E-state index < -0.39 is 0 Å². The number of nitrogens with zero attached hydrogens (tertiary/aromatic N) is 3. The van der Waals surface area contributed by atoms with Gasteiger partial charge in [0.2, 0.25) is 5.88 Å². The summed E-state index contributed by atoms with van der Waals surface area (Å²) in [5.74, 6) is 1.24.